The van der Waals surface area contributed by atoms with Gasteiger partial charge >= 0.3 is 0 Å². The summed E-state index contributed by atoms with van der Waals surface area (Å²) in [6.45, 7) is 2.86. The fourth-order valence-corrected chi connectivity index (χ4v) is 2.73. The lowest BCUT2D eigenvalue weighted by Crippen LogP contribution is -2.24. The molecule has 0 spiro atoms. The van der Waals surface area contributed by atoms with Crippen LogP contribution in [0, 0.1) is 0 Å². The Morgan fingerprint density at radius 2 is 1.35 bits per heavy atom. The minimum absolute atomic E-state index is 0.142. The second kappa shape index (κ2) is 19.5. The average molecular weight is 344 g/mol. The number of nitrogens with one attached hydrogen (secondary N) is 1. The minimum Gasteiger partial charge on any atom is -0.355 e. The van der Waals surface area contributed by atoms with E-state index in [0.717, 1.165) is 12.8 Å². The number of alkyl halides is 1. The number of hydrogen-bond acceptors (Lipinski definition) is 1. The van der Waals surface area contributed by atoms with E-state index in [1.165, 1.54) is 70.6 Å². The molecule has 1 N–H and O–H groups in total. The molecule has 0 bridgehead atoms. The van der Waals surface area contributed by atoms with Crippen molar-refractivity contribution in [2.24, 2.45) is 0 Å². The van der Waals surface area contributed by atoms with Gasteiger partial charge in [0, 0.05) is 18.8 Å². The Balaban J connectivity index is 3.14. The quantitative estimate of drug-likeness (QED) is 0.185. The summed E-state index contributed by atoms with van der Waals surface area (Å²) in [5, 5.41) is 2.80. The third kappa shape index (κ3) is 19.5. The molecule has 0 aromatic heterocycles. The molecule has 0 unspecified atom stereocenters. The summed E-state index contributed by atoms with van der Waals surface area (Å²) in [6, 6.07) is 0. The van der Waals surface area contributed by atoms with Crippen molar-refractivity contribution in [1.29, 1.82) is 0 Å². The first-order valence-corrected chi connectivity index (χ1v) is 10.3. The fourth-order valence-electron chi connectivity index (χ4n) is 2.63. The van der Waals surface area contributed by atoms with E-state index in [1.807, 2.05) is 0 Å². The van der Waals surface area contributed by atoms with Crippen molar-refractivity contribution in [3.63, 3.8) is 0 Å². The Morgan fingerprint density at radius 1 is 0.826 bits per heavy atom. The maximum absolute atomic E-state index is 11.4. The van der Waals surface area contributed by atoms with Crippen LogP contribution < -0.4 is 5.32 Å². The monoisotopic (exact) mass is 343 g/mol. The normalized spacial score (nSPS) is 11.2. The summed E-state index contributed by atoms with van der Waals surface area (Å²) >= 11 is 5.52. The lowest BCUT2D eigenvalue weighted by Gasteiger charge is -2.02. The molecule has 0 rings (SSSR count). The number of hydrogen-bond donors (Lipinski definition) is 1. The van der Waals surface area contributed by atoms with E-state index in [-0.39, 0.29) is 5.91 Å². The van der Waals surface area contributed by atoms with Crippen LogP contribution in [0.25, 0.3) is 0 Å². The van der Waals surface area contributed by atoms with Crippen LogP contribution in [0.5, 0.6) is 0 Å². The predicted octanol–water partition coefficient (Wildman–Crippen LogP) is 6.38. The van der Waals surface area contributed by atoms with Crippen LogP contribution in [0.4, 0.5) is 0 Å². The molecule has 0 saturated carbocycles. The molecule has 136 valence electrons. The smallest absolute Gasteiger partial charge is 0.220 e. The summed E-state index contributed by atoms with van der Waals surface area (Å²) in [4.78, 5) is 11.4. The first-order chi connectivity index (χ1) is 11.3. The van der Waals surface area contributed by atoms with E-state index >= 15 is 0 Å². The predicted molar refractivity (Wildman–Crippen MR) is 103 cm³/mol. The molecule has 1 amide bonds. The van der Waals surface area contributed by atoms with Gasteiger partial charge in [-0.2, -0.15) is 0 Å². The van der Waals surface area contributed by atoms with E-state index in [1.54, 1.807) is 0 Å². The lowest BCUT2D eigenvalue weighted by atomic mass is 10.1. The molecule has 2 nitrogen and oxygen atoms in total. The minimum atomic E-state index is 0.142. The molecule has 0 aromatic carbocycles. The molecule has 0 fully saturated rings. The molecule has 0 atom stereocenters. The van der Waals surface area contributed by atoms with Crippen molar-refractivity contribution in [2.75, 3.05) is 12.4 Å². The van der Waals surface area contributed by atoms with Gasteiger partial charge in [-0.25, -0.2) is 0 Å². The van der Waals surface area contributed by atoms with Crippen molar-refractivity contribution in [1.82, 2.24) is 5.32 Å². The largest absolute Gasteiger partial charge is 0.355 e. The Morgan fingerprint density at radius 3 is 1.91 bits per heavy atom. The average Bonchev–Trinajstić information content (AvgIpc) is 2.56. The maximum atomic E-state index is 11.4. The molecule has 3 heteroatoms. The fraction of sp³-hybridized carbons (Fsp3) is 0.850. The van der Waals surface area contributed by atoms with Crippen molar-refractivity contribution in [3.05, 3.63) is 12.2 Å². The van der Waals surface area contributed by atoms with E-state index in [0.29, 0.717) is 18.8 Å². The van der Waals surface area contributed by atoms with Crippen LogP contribution in [0.2, 0.25) is 0 Å². The summed E-state index contributed by atoms with van der Waals surface area (Å²) in [7, 11) is 0. The number of allylic oxidation sites excluding steroid dienone is 2. The van der Waals surface area contributed by atoms with E-state index in [4.69, 9.17) is 11.6 Å². The van der Waals surface area contributed by atoms with Crippen molar-refractivity contribution < 1.29 is 4.79 Å². The topological polar surface area (TPSA) is 29.1 Å². The molecule has 0 heterocycles. The number of carbonyl (C=O) groups excluding carboxylic acids is 1. The molecule has 0 radical (unpaired) electrons. The van der Waals surface area contributed by atoms with Gasteiger partial charge < -0.3 is 5.32 Å². The number of halogens is 1. The highest BCUT2D eigenvalue weighted by Gasteiger charge is 1.99. The Labute approximate surface area is 149 Å². The highest BCUT2D eigenvalue weighted by molar-refractivity contribution is 6.18. The number of rotatable bonds is 17. The van der Waals surface area contributed by atoms with Gasteiger partial charge in [0.15, 0.2) is 0 Å². The molecule has 0 aliphatic rings. The number of carbonyl (C=O) groups is 1. The van der Waals surface area contributed by atoms with E-state index < -0.39 is 0 Å². The summed E-state index contributed by atoms with van der Waals surface area (Å²) < 4.78 is 0. The molecule has 0 saturated heterocycles. The maximum Gasteiger partial charge on any atom is 0.220 e. The molecular weight excluding hydrogens is 306 g/mol. The molecular formula is C20H38ClNO. The highest BCUT2D eigenvalue weighted by Crippen LogP contribution is 2.09. The number of amides is 1. The third-order valence-corrected chi connectivity index (χ3v) is 4.27. The molecule has 0 aromatic rings. The molecule has 0 aliphatic heterocycles. The Bertz CT molecular complexity index is 279. The lowest BCUT2D eigenvalue weighted by molar-refractivity contribution is -0.121. The van der Waals surface area contributed by atoms with Gasteiger partial charge in [-0.1, -0.05) is 70.4 Å². The van der Waals surface area contributed by atoms with E-state index in [2.05, 4.69) is 24.4 Å². The van der Waals surface area contributed by atoms with Crippen LogP contribution in [0.3, 0.4) is 0 Å². The summed E-state index contributed by atoms with van der Waals surface area (Å²) in [5.74, 6) is 0.640. The summed E-state index contributed by atoms with van der Waals surface area (Å²) in [6.07, 6.45) is 22.1. The van der Waals surface area contributed by atoms with Crippen LogP contribution in [0.1, 0.15) is 96.8 Å². The third-order valence-electron chi connectivity index (χ3n) is 4.08. The van der Waals surface area contributed by atoms with Gasteiger partial charge in [0.05, 0.1) is 0 Å². The summed E-state index contributed by atoms with van der Waals surface area (Å²) in [5.41, 5.74) is 0. The second-order valence-corrected chi connectivity index (χ2v) is 6.75. The zero-order valence-electron chi connectivity index (χ0n) is 15.3. The number of unbranched alkanes of at least 4 members (excludes halogenated alkanes) is 11. The van der Waals surface area contributed by atoms with Crippen LogP contribution in [-0.4, -0.2) is 18.3 Å². The van der Waals surface area contributed by atoms with Crippen LogP contribution in [-0.2, 0) is 4.79 Å². The highest BCUT2D eigenvalue weighted by atomic mass is 35.5. The van der Waals surface area contributed by atoms with Crippen LogP contribution >= 0.6 is 11.6 Å². The SMILES string of the molecule is CCCCCCCC/C=C\CCCCCCCC(=O)NCCCl. The van der Waals surface area contributed by atoms with E-state index in [9.17, 15) is 4.79 Å². The Hall–Kier alpha value is -0.500. The van der Waals surface area contributed by atoms with Crippen LogP contribution in [0.15, 0.2) is 12.2 Å². The van der Waals surface area contributed by atoms with Gasteiger partial charge in [0.2, 0.25) is 5.91 Å². The first-order valence-electron chi connectivity index (χ1n) is 9.79. The van der Waals surface area contributed by atoms with Gasteiger partial charge in [-0.15, -0.1) is 11.6 Å². The molecule has 23 heavy (non-hydrogen) atoms. The standard InChI is InChI=1S/C20H38ClNO/c1-2-3-4-5-6-7-8-9-10-11-12-13-14-15-16-17-20(23)22-19-18-21/h9-10H,2-8,11-19H2,1H3,(H,22,23)/b10-9-. The second-order valence-electron chi connectivity index (χ2n) is 6.37. The van der Waals surface area contributed by atoms with Gasteiger partial charge in [0.25, 0.3) is 0 Å². The first kappa shape index (κ1) is 22.5. The Kier molecular flexibility index (Phi) is 19.1. The zero-order chi connectivity index (χ0) is 17.0. The van der Waals surface area contributed by atoms with Crippen molar-refractivity contribution in [3.8, 4) is 0 Å². The van der Waals surface area contributed by atoms with Gasteiger partial charge in [-0.3, -0.25) is 4.79 Å². The molecule has 0 aliphatic carbocycles. The van der Waals surface area contributed by atoms with Crippen molar-refractivity contribution >= 4 is 17.5 Å². The zero-order valence-corrected chi connectivity index (χ0v) is 16.0. The van der Waals surface area contributed by atoms with Gasteiger partial charge in [0.1, 0.15) is 0 Å². The van der Waals surface area contributed by atoms with Crippen molar-refractivity contribution in [2.45, 2.75) is 96.8 Å². The van der Waals surface area contributed by atoms with Gasteiger partial charge in [-0.05, 0) is 32.1 Å².